The summed E-state index contributed by atoms with van der Waals surface area (Å²) in [4.78, 5) is 26.9. The third kappa shape index (κ3) is 6.57. The molecular formula is C21H23F3N2O4S. The number of hydrogen-bond acceptors (Lipinski definition) is 6. The average Bonchev–Trinajstić information content (AvgIpc) is 3.24. The van der Waals surface area contributed by atoms with E-state index in [2.05, 4.69) is 10.3 Å². The van der Waals surface area contributed by atoms with Crippen LogP contribution in [0, 0.1) is 6.92 Å². The van der Waals surface area contributed by atoms with Gasteiger partial charge in [-0.05, 0) is 44.0 Å². The van der Waals surface area contributed by atoms with Crippen molar-refractivity contribution in [2.75, 3.05) is 13.2 Å². The van der Waals surface area contributed by atoms with Crippen molar-refractivity contribution in [1.82, 2.24) is 10.3 Å². The molecule has 3 rings (SSSR count). The topological polar surface area (TPSA) is 81.4 Å². The lowest BCUT2D eigenvalue weighted by molar-refractivity contribution is -0.137. The number of nitrogens with zero attached hydrogens (tertiary/aromatic N) is 1. The molecule has 0 radical (unpaired) electrons. The average molecular weight is 456 g/mol. The fraction of sp³-hybridized carbons (Fsp3) is 0.476. The molecule has 2 heterocycles. The minimum atomic E-state index is -4.38. The second-order valence-electron chi connectivity index (χ2n) is 7.19. The van der Waals surface area contributed by atoms with Crippen LogP contribution in [0.5, 0.6) is 0 Å². The van der Waals surface area contributed by atoms with Crippen molar-refractivity contribution in [3.63, 3.8) is 0 Å². The van der Waals surface area contributed by atoms with Gasteiger partial charge in [0.15, 0.2) is 0 Å². The number of ether oxygens (including phenoxy) is 1. The lowest BCUT2D eigenvalue weighted by Gasteiger charge is -2.06. The lowest BCUT2D eigenvalue weighted by Crippen LogP contribution is -2.24. The Morgan fingerprint density at radius 2 is 1.87 bits per heavy atom. The zero-order valence-corrected chi connectivity index (χ0v) is 17.8. The molecule has 10 heteroatoms. The number of hydrogen-bond donors (Lipinski definition) is 1. The van der Waals surface area contributed by atoms with E-state index in [4.69, 9.17) is 9.15 Å². The molecule has 0 saturated carbocycles. The second kappa shape index (κ2) is 10.3. The molecule has 1 atom stereocenters. The van der Waals surface area contributed by atoms with E-state index in [-0.39, 0.29) is 22.3 Å². The van der Waals surface area contributed by atoms with Crippen LogP contribution in [0.3, 0.4) is 0 Å². The van der Waals surface area contributed by atoms with E-state index < -0.39 is 11.7 Å². The number of rotatable bonds is 10. The Hall–Kier alpha value is -2.33. The number of alkyl halides is 3. The number of nitrogens with one attached hydrogen (secondary N) is 1. The number of thioether (sulfide) groups is 1. The quantitative estimate of drug-likeness (QED) is 0.499. The second-order valence-corrected chi connectivity index (χ2v) is 8.37. The maximum atomic E-state index is 12.7. The molecule has 0 spiro atoms. The number of carbonyl (C=O) groups excluding carboxylic acids is 2. The van der Waals surface area contributed by atoms with Crippen LogP contribution in [0.2, 0.25) is 0 Å². The van der Waals surface area contributed by atoms with Crippen LogP contribution in [0.25, 0.3) is 11.5 Å². The Bertz CT molecular complexity index is 912. The number of aryl methyl sites for hydroxylation is 1. The normalized spacial score (nSPS) is 16.7. The van der Waals surface area contributed by atoms with Gasteiger partial charge in [-0.1, -0.05) is 24.6 Å². The molecule has 1 aliphatic rings. The molecule has 1 saturated heterocycles. The highest BCUT2D eigenvalue weighted by molar-refractivity contribution is 8.15. The van der Waals surface area contributed by atoms with Crippen molar-refractivity contribution in [2.24, 2.45) is 0 Å². The highest BCUT2D eigenvalue weighted by Gasteiger charge is 2.31. The van der Waals surface area contributed by atoms with E-state index in [1.54, 1.807) is 6.92 Å². The monoisotopic (exact) mass is 456 g/mol. The van der Waals surface area contributed by atoms with Crippen LogP contribution in [-0.4, -0.2) is 34.6 Å². The molecule has 2 aromatic rings. The van der Waals surface area contributed by atoms with Gasteiger partial charge in [0.25, 0.3) is 5.24 Å². The molecule has 1 aromatic heterocycles. The third-order valence-electron chi connectivity index (χ3n) is 4.86. The molecule has 1 unspecified atom stereocenters. The highest BCUT2D eigenvalue weighted by Crippen LogP contribution is 2.31. The molecule has 0 bridgehead atoms. The van der Waals surface area contributed by atoms with Gasteiger partial charge in [0.2, 0.25) is 11.8 Å². The van der Waals surface area contributed by atoms with Gasteiger partial charge in [0.05, 0.1) is 23.1 Å². The summed E-state index contributed by atoms with van der Waals surface area (Å²) in [5.74, 6) is 0.693. The first-order valence-electron chi connectivity index (χ1n) is 9.97. The Labute approximate surface area is 181 Å². The van der Waals surface area contributed by atoms with E-state index in [0.29, 0.717) is 43.1 Å². The fourth-order valence-corrected chi connectivity index (χ4v) is 4.02. The van der Waals surface area contributed by atoms with Crippen molar-refractivity contribution in [1.29, 1.82) is 0 Å². The Balaban J connectivity index is 1.35. The van der Waals surface area contributed by atoms with Crippen molar-refractivity contribution >= 4 is 22.9 Å². The number of amides is 2. The van der Waals surface area contributed by atoms with Crippen molar-refractivity contribution in [3.05, 3.63) is 41.3 Å². The SMILES string of the molecule is Cc1oc(-c2ccc(C(F)(F)F)cc2)nc1CCOCCCCCC1SC(=O)NC1=O. The van der Waals surface area contributed by atoms with Gasteiger partial charge in [-0.3, -0.25) is 14.9 Å². The smallest absolute Gasteiger partial charge is 0.416 e. The molecule has 31 heavy (non-hydrogen) atoms. The molecule has 1 aliphatic heterocycles. The lowest BCUT2D eigenvalue weighted by atomic mass is 10.1. The van der Waals surface area contributed by atoms with Gasteiger partial charge in [-0.2, -0.15) is 13.2 Å². The molecule has 1 fully saturated rings. The summed E-state index contributed by atoms with van der Waals surface area (Å²) in [5, 5.41) is 1.73. The molecule has 1 aromatic carbocycles. The van der Waals surface area contributed by atoms with Crippen molar-refractivity contribution in [2.45, 2.75) is 50.5 Å². The Morgan fingerprint density at radius 1 is 1.13 bits per heavy atom. The first kappa shape index (κ1) is 23.3. The predicted octanol–water partition coefficient (Wildman–Crippen LogP) is 5.14. The van der Waals surface area contributed by atoms with Gasteiger partial charge in [0.1, 0.15) is 5.76 Å². The highest BCUT2D eigenvalue weighted by atomic mass is 32.2. The number of aromatic nitrogens is 1. The van der Waals surface area contributed by atoms with E-state index in [1.165, 1.54) is 12.1 Å². The summed E-state index contributed by atoms with van der Waals surface area (Å²) in [6.07, 6.45) is -0.567. The summed E-state index contributed by atoms with van der Waals surface area (Å²) >= 11 is 1.05. The van der Waals surface area contributed by atoms with Gasteiger partial charge < -0.3 is 9.15 Å². The number of benzene rings is 1. The fourth-order valence-electron chi connectivity index (χ4n) is 3.15. The number of unbranched alkanes of at least 4 members (excludes halogenated alkanes) is 2. The number of oxazole rings is 1. The number of halogens is 3. The van der Waals surface area contributed by atoms with E-state index >= 15 is 0 Å². The van der Waals surface area contributed by atoms with Crippen LogP contribution in [0.15, 0.2) is 28.7 Å². The summed E-state index contributed by atoms with van der Waals surface area (Å²) in [6.45, 7) is 2.79. The molecule has 1 N–H and O–H groups in total. The van der Waals surface area contributed by atoms with Gasteiger partial charge >= 0.3 is 6.18 Å². The third-order valence-corrected chi connectivity index (χ3v) is 5.91. The van der Waals surface area contributed by atoms with Crippen LogP contribution in [0.4, 0.5) is 18.0 Å². The Kier molecular flexibility index (Phi) is 7.77. The first-order chi connectivity index (χ1) is 14.7. The molecule has 0 aliphatic carbocycles. The summed E-state index contributed by atoms with van der Waals surface area (Å²) < 4.78 is 49.3. The zero-order valence-electron chi connectivity index (χ0n) is 17.0. The zero-order chi connectivity index (χ0) is 22.4. The summed E-state index contributed by atoms with van der Waals surface area (Å²) in [7, 11) is 0. The van der Waals surface area contributed by atoms with Crippen molar-refractivity contribution < 1.29 is 31.9 Å². The first-order valence-corrected chi connectivity index (χ1v) is 10.8. The van der Waals surface area contributed by atoms with Gasteiger partial charge in [0, 0.05) is 18.6 Å². The minimum Gasteiger partial charge on any atom is -0.441 e. The van der Waals surface area contributed by atoms with Crippen LogP contribution in [0.1, 0.15) is 42.7 Å². The van der Waals surface area contributed by atoms with E-state index in [9.17, 15) is 22.8 Å². The molecule has 6 nitrogen and oxygen atoms in total. The molecule has 168 valence electrons. The molecule has 2 amide bonds. The van der Waals surface area contributed by atoms with E-state index in [1.807, 2.05) is 0 Å². The summed E-state index contributed by atoms with van der Waals surface area (Å²) in [6, 6.07) is 4.71. The maximum absolute atomic E-state index is 12.7. The maximum Gasteiger partial charge on any atom is 0.416 e. The number of imide groups is 1. The van der Waals surface area contributed by atoms with Crippen LogP contribution >= 0.6 is 11.8 Å². The van der Waals surface area contributed by atoms with Gasteiger partial charge in [-0.25, -0.2) is 4.98 Å². The summed E-state index contributed by atoms with van der Waals surface area (Å²) in [5.41, 5.74) is 0.481. The predicted molar refractivity (Wildman–Crippen MR) is 110 cm³/mol. The van der Waals surface area contributed by atoms with E-state index in [0.717, 1.165) is 43.2 Å². The minimum absolute atomic E-state index is 0.204. The molecular weight excluding hydrogens is 433 g/mol. The number of carbonyl (C=O) groups is 2. The largest absolute Gasteiger partial charge is 0.441 e. The Morgan fingerprint density at radius 3 is 2.52 bits per heavy atom. The van der Waals surface area contributed by atoms with Crippen molar-refractivity contribution in [3.8, 4) is 11.5 Å². The standard InChI is InChI=1S/C21H23F3N2O4S/c1-13-16(25-19(30-13)14-6-8-15(9-7-14)21(22,23)24)10-12-29-11-4-2-3-5-17-18(27)26-20(28)31-17/h6-9,17H,2-5,10-12H2,1H3,(H,26,27,28). The van der Waals surface area contributed by atoms with Crippen LogP contribution < -0.4 is 5.32 Å². The van der Waals surface area contributed by atoms with Crippen LogP contribution in [-0.2, 0) is 22.1 Å². The van der Waals surface area contributed by atoms with Gasteiger partial charge in [-0.15, -0.1) is 0 Å².